The molecular formula is C13H16FN3O3. The molecule has 0 radical (unpaired) electrons. The molecule has 108 valence electrons. The average Bonchev–Trinajstić information content (AvgIpc) is 2.42. The van der Waals surface area contributed by atoms with E-state index in [1.165, 1.54) is 0 Å². The molecule has 1 atom stereocenters. The van der Waals surface area contributed by atoms with E-state index in [1.807, 2.05) is 6.92 Å². The van der Waals surface area contributed by atoms with Crippen molar-refractivity contribution in [3.05, 3.63) is 34.1 Å². The molecular weight excluding hydrogens is 265 g/mol. The first-order chi connectivity index (χ1) is 9.58. The lowest BCUT2D eigenvalue weighted by Crippen LogP contribution is -2.29. The molecule has 20 heavy (non-hydrogen) atoms. The smallest absolute Gasteiger partial charge is 0.311 e. The molecule has 0 spiro atoms. The average molecular weight is 281 g/mol. The summed E-state index contributed by atoms with van der Waals surface area (Å²) in [4.78, 5) is 10.1. The van der Waals surface area contributed by atoms with E-state index in [4.69, 9.17) is 10.00 Å². The predicted molar refractivity (Wildman–Crippen MR) is 70.9 cm³/mol. The third kappa shape index (κ3) is 4.82. The van der Waals surface area contributed by atoms with Gasteiger partial charge in [0.15, 0.2) is 5.75 Å². The van der Waals surface area contributed by atoms with Gasteiger partial charge >= 0.3 is 5.69 Å². The SMILES string of the molecule is CCCNC(C#N)CCOc1cc(F)ccc1[N+](=O)[O-]. The molecule has 0 bridgehead atoms. The van der Waals surface area contributed by atoms with Gasteiger partial charge in [0.05, 0.1) is 23.6 Å². The summed E-state index contributed by atoms with van der Waals surface area (Å²) in [6.45, 7) is 2.78. The summed E-state index contributed by atoms with van der Waals surface area (Å²) in [5, 5.41) is 22.7. The van der Waals surface area contributed by atoms with Crippen molar-refractivity contribution >= 4 is 5.69 Å². The van der Waals surface area contributed by atoms with Crippen molar-refractivity contribution in [1.82, 2.24) is 5.32 Å². The highest BCUT2D eigenvalue weighted by atomic mass is 19.1. The van der Waals surface area contributed by atoms with Crippen molar-refractivity contribution in [3.63, 3.8) is 0 Å². The summed E-state index contributed by atoms with van der Waals surface area (Å²) in [5.41, 5.74) is -0.290. The second-order valence-electron chi connectivity index (χ2n) is 4.14. The Bertz CT molecular complexity index is 502. The number of ether oxygens (including phenoxy) is 1. The first-order valence-corrected chi connectivity index (χ1v) is 6.28. The molecule has 0 aliphatic carbocycles. The van der Waals surface area contributed by atoms with E-state index >= 15 is 0 Å². The summed E-state index contributed by atoms with van der Waals surface area (Å²) >= 11 is 0. The monoisotopic (exact) mass is 281 g/mol. The van der Waals surface area contributed by atoms with Crippen LogP contribution in [0.3, 0.4) is 0 Å². The van der Waals surface area contributed by atoms with Crippen molar-refractivity contribution in [1.29, 1.82) is 5.26 Å². The van der Waals surface area contributed by atoms with Crippen LogP contribution in [0.1, 0.15) is 19.8 Å². The highest BCUT2D eigenvalue weighted by Crippen LogP contribution is 2.27. The van der Waals surface area contributed by atoms with Crippen LogP contribution in [0, 0.1) is 27.3 Å². The van der Waals surface area contributed by atoms with Crippen molar-refractivity contribution in [2.45, 2.75) is 25.8 Å². The maximum atomic E-state index is 13.1. The van der Waals surface area contributed by atoms with E-state index in [1.54, 1.807) is 0 Å². The van der Waals surface area contributed by atoms with E-state index in [0.29, 0.717) is 13.0 Å². The van der Waals surface area contributed by atoms with Gasteiger partial charge in [0.1, 0.15) is 5.82 Å². The van der Waals surface area contributed by atoms with Gasteiger partial charge < -0.3 is 10.1 Å². The van der Waals surface area contributed by atoms with E-state index in [2.05, 4.69) is 11.4 Å². The predicted octanol–water partition coefficient (Wildman–Crippen LogP) is 2.39. The zero-order valence-electron chi connectivity index (χ0n) is 11.1. The molecule has 0 aliphatic heterocycles. The van der Waals surface area contributed by atoms with Gasteiger partial charge in [0.25, 0.3) is 0 Å². The number of benzene rings is 1. The van der Waals surface area contributed by atoms with Crippen LogP contribution in [0.25, 0.3) is 0 Å². The van der Waals surface area contributed by atoms with Crippen LogP contribution >= 0.6 is 0 Å². The number of rotatable bonds is 8. The molecule has 1 aromatic rings. The summed E-state index contributed by atoms with van der Waals surface area (Å²) in [6.07, 6.45) is 1.26. The fourth-order valence-corrected chi connectivity index (χ4v) is 1.57. The van der Waals surface area contributed by atoms with Crippen LogP contribution in [0.15, 0.2) is 18.2 Å². The Kier molecular flexibility index (Phi) is 6.40. The van der Waals surface area contributed by atoms with Gasteiger partial charge in [0, 0.05) is 18.6 Å². The molecule has 0 saturated carbocycles. The number of hydrogen-bond acceptors (Lipinski definition) is 5. The zero-order valence-corrected chi connectivity index (χ0v) is 11.1. The maximum absolute atomic E-state index is 13.1. The third-order valence-electron chi connectivity index (χ3n) is 2.58. The fourth-order valence-electron chi connectivity index (χ4n) is 1.57. The second-order valence-corrected chi connectivity index (χ2v) is 4.14. The normalized spacial score (nSPS) is 11.7. The molecule has 0 fully saturated rings. The van der Waals surface area contributed by atoms with Crippen LogP contribution in [-0.4, -0.2) is 24.1 Å². The minimum absolute atomic E-state index is 0.0965. The minimum Gasteiger partial charge on any atom is -0.487 e. The number of halogens is 1. The number of nitro benzene ring substituents is 1. The summed E-state index contributed by atoms with van der Waals surface area (Å²) in [7, 11) is 0. The standard InChI is InChI=1S/C13H16FN3O3/c1-2-6-16-11(9-15)5-7-20-13-8-10(14)3-4-12(13)17(18)19/h3-4,8,11,16H,2,5-7H2,1H3. The number of nitriles is 1. The molecule has 6 nitrogen and oxygen atoms in total. The number of hydrogen-bond donors (Lipinski definition) is 1. The molecule has 0 saturated heterocycles. The summed E-state index contributed by atoms with van der Waals surface area (Å²) in [6, 6.07) is 4.72. The minimum atomic E-state index is -0.633. The van der Waals surface area contributed by atoms with Crippen molar-refractivity contribution in [3.8, 4) is 11.8 Å². The first kappa shape index (κ1) is 15.9. The second kappa shape index (κ2) is 8.07. The van der Waals surface area contributed by atoms with Crippen LogP contribution in [0.2, 0.25) is 0 Å². The molecule has 1 rings (SSSR count). The van der Waals surface area contributed by atoms with Gasteiger partial charge in [-0.2, -0.15) is 5.26 Å². The van der Waals surface area contributed by atoms with Crippen molar-refractivity contribution in [2.24, 2.45) is 0 Å². The topological polar surface area (TPSA) is 88.2 Å². The molecule has 0 aliphatic rings. The number of nitrogens with zero attached hydrogens (tertiary/aromatic N) is 2. The van der Waals surface area contributed by atoms with E-state index in [0.717, 1.165) is 24.6 Å². The van der Waals surface area contributed by atoms with Gasteiger partial charge in [-0.05, 0) is 19.0 Å². The lowest BCUT2D eigenvalue weighted by molar-refractivity contribution is -0.385. The Balaban J connectivity index is 2.59. The molecule has 1 N–H and O–H groups in total. The van der Waals surface area contributed by atoms with E-state index < -0.39 is 10.7 Å². The van der Waals surface area contributed by atoms with E-state index in [-0.39, 0.29) is 24.1 Å². The van der Waals surface area contributed by atoms with Gasteiger partial charge in [-0.1, -0.05) is 6.92 Å². The van der Waals surface area contributed by atoms with Gasteiger partial charge in [-0.25, -0.2) is 4.39 Å². The summed E-state index contributed by atoms with van der Waals surface area (Å²) < 4.78 is 18.3. The Morgan fingerprint density at radius 3 is 2.95 bits per heavy atom. The van der Waals surface area contributed by atoms with Gasteiger partial charge in [-0.3, -0.25) is 10.1 Å². The molecule has 7 heteroatoms. The quantitative estimate of drug-likeness (QED) is 0.584. The fraction of sp³-hybridized carbons (Fsp3) is 0.462. The number of nitro groups is 1. The zero-order chi connectivity index (χ0) is 15.0. The Hall–Kier alpha value is -2.20. The lowest BCUT2D eigenvalue weighted by Gasteiger charge is -2.11. The van der Waals surface area contributed by atoms with Gasteiger partial charge in [-0.15, -0.1) is 0 Å². The Labute approximate surface area is 116 Å². The third-order valence-corrected chi connectivity index (χ3v) is 2.58. The van der Waals surface area contributed by atoms with Crippen molar-refractivity contribution in [2.75, 3.05) is 13.2 Å². The largest absolute Gasteiger partial charge is 0.487 e. The van der Waals surface area contributed by atoms with Gasteiger partial charge in [0.2, 0.25) is 0 Å². The van der Waals surface area contributed by atoms with Crippen LogP contribution < -0.4 is 10.1 Å². The summed E-state index contributed by atoms with van der Waals surface area (Å²) in [5.74, 6) is -0.728. The maximum Gasteiger partial charge on any atom is 0.311 e. The van der Waals surface area contributed by atoms with Crippen LogP contribution in [0.5, 0.6) is 5.75 Å². The molecule has 0 amide bonds. The first-order valence-electron chi connectivity index (χ1n) is 6.28. The number of nitrogens with one attached hydrogen (secondary N) is 1. The van der Waals surface area contributed by atoms with E-state index in [9.17, 15) is 14.5 Å². The van der Waals surface area contributed by atoms with Crippen LogP contribution in [0.4, 0.5) is 10.1 Å². The highest BCUT2D eigenvalue weighted by Gasteiger charge is 2.16. The Morgan fingerprint density at radius 2 is 2.35 bits per heavy atom. The molecule has 1 aromatic carbocycles. The molecule has 1 unspecified atom stereocenters. The van der Waals surface area contributed by atoms with Crippen LogP contribution in [-0.2, 0) is 0 Å². The highest BCUT2D eigenvalue weighted by molar-refractivity contribution is 5.46. The lowest BCUT2D eigenvalue weighted by atomic mass is 10.2. The molecule has 0 heterocycles. The van der Waals surface area contributed by atoms with Crippen molar-refractivity contribution < 1.29 is 14.1 Å². The Morgan fingerprint density at radius 1 is 1.60 bits per heavy atom. The molecule has 0 aromatic heterocycles.